The number of amides is 1. The van der Waals surface area contributed by atoms with Crippen LogP contribution in [0, 0.1) is 0 Å². The van der Waals surface area contributed by atoms with Gasteiger partial charge in [0.25, 0.3) is 5.56 Å². The van der Waals surface area contributed by atoms with Crippen molar-refractivity contribution in [2.75, 3.05) is 5.32 Å². The molecule has 0 saturated carbocycles. The third-order valence-corrected chi connectivity index (χ3v) is 7.28. The molecule has 8 heteroatoms. The summed E-state index contributed by atoms with van der Waals surface area (Å²) in [5.74, 6) is 0.0267. The first-order chi connectivity index (χ1) is 17.7. The molecule has 2 aromatic carbocycles. The van der Waals surface area contributed by atoms with E-state index in [0.29, 0.717) is 17.5 Å². The van der Waals surface area contributed by atoms with E-state index in [0.717, 1.165) is 46.5 Å². The highest BCUT2D eigenvalue weighted by molar-refractivity contribution is 7.13. The average Bonchev–Trinajstić information content (AvgIpc) is 3.66. The number of carbonyl (C=O) groups is 1. The summed E-state index contributed by atoms with van der Waals surface area (Å²) in [5, 5.41) is 9.78. The number of benzene rings is 2. The van der Waals surface area contributed by atoms with Crippen LogP contribution in [0.4, 0.5) is 5.82 Å². The Morgan fingerprint density at radius 2 is 1.69 bits per heavy atom. The lowest BCUT2D eigenvalue weighted by molar-refractivity contribution is -0.116. The molecule has 0 aliphatic heterocycles. The molecule has 0 fully saturated rings. The fraction of sp³-hybridized carbons (Fsp3) is 0.143. The van der Waals surface area contributed by atoms with Crippen LogP contribution in [-0.2, 0) is 17.6 Å². The van der Waals surface area contributed by atoms with Gasteiger partial charge in [0.15, 0.2) is 0 Å². The smallest absolute Gasteiger partial charge is 0.255 e. The second-order valence-corrected chi connectivity index (χ2v) is 9.66. The first-order valence-corrected chi connectivity index (χ1v) is 12.7. The number of hydrogen-bond donors (Lipinski definition) is 2. The molecule has 0 saturated heterocycles. The Morgan fingerprint density at radius 3 is 2.36 bits per heavy atom. The van der Waals surface area contributed by atoms with E-state index >= 15 is 0 Å². The minimum atomic E-state index is -0.520. The van der Waals surface area contributed by atoms with E-state index in [1.807, 2.05) is 84.2 Å². The van der Waals surface area contributed by atoms with Gasteiger partial charge in [-0.3, -0.25) is 14.6 Å². The van der Waals surface area contributed by atoms with Crippen LogP contribution in [0.2, 0.25) is 0 Å². The van der Waals surface area contributed by atoms with Crippen LogP contribution < -0.4 is 10.9 Å². The Morgan fingerprint density at radius 1 is 0.972 bits per heavy atom. The lowest BCUT2D eigenvalue weighted by atomic mass is 9.90. The molecule has 0 bridgehead atoms. The number of anilines is 1. The van der Waals surface area contributed by atoms with Crippen molar-refractivity contribution in [2.24, 2.45) is 0 Å². The molecule has 1 amide bonds. The Kier molecular flexibility index (Phi) is 5.79. The molecule has 0 unspecified atom stereocenters. The van der Waals surface area contributed by atoms with Gasteiger partial charge in [-0.1, -0.05) is 66.7 Å². The van der Waals surface area contributed by atoms with E-state index in [-0.39, 0.29) is 11.5 Å². The molecule has 2 N–H and O–H groups in total. The van der Waals surface area contributed by atoms with Crippen molar-refractivity contribution in [1.29, 1.82) is 0 Å². The van der Waals surface area contributed by atoms with Gasteiger partial charge in [-0.15, -0.1) is 11.3 Å². The third kappa shape index (κ3) is 4.16. The van der Waals surface area contributed by atoms with Crippen molar-refractivity contribution in [2.45, 2.75) is 25.2 Å². The zero-order valence-electron chi connectivity index (χ0n) is 19.3. The molecule has 1 aliphatic carbocycles. The minimum absolute atomic E-state index is 0.149. The number of aromatic amines is 1. The molecular weight excluding hydrogens is 470 g/mol. The van der Waals surface area contributed by atoms with E-state index < -0.39 is 5.92 Å². The zero-order chi connectivity index (χ0) is 24.5. The first kappa shape index (κ1) is 22.2. The van der Waals surface area contributed by atoms with Gasteiger partial charge >= 0.3 is 0 Å². The van der Waals surface area contributed by atoms with Crippen molar-refractivity contribution in [3.63, 3.8) is 0 Å². The molecule has 0 radical (unpaired) electrons. The van der Waals surface area contributed by atoms with E-state index in [1.54, 1.807) is 11.3 Å². The van der Waals surface area contributed by atoms with Crippen molar-refractivity contribution in [1.82, 2.24) is 19.7 Å². The summed E-state index contributed by atoms with van der Waals surface area (Å²) in [7, 11) is 0. The molecule has 7 nitrogen and oxygen atoms in total. The largest absolute Gasteiger partial charge is 0.310 e. The van der Waals surface area contributed by atoms with Gasteiger partial charge in [-0.05, 0) is 41.8 Å². The van der Waals surface area contributed by atoms with Crippen LogP contribution in [0.5, 0.6) is 0 Å². The van der Waals surface area contributed by atoms with E-state index in [2.05, 4.69) is 10.3 Å². The highest BCUT2D eigenvalue weighted by atomic mass is 32.1. The number of rotatable bonds is 6. The maximum Gasteiger partial charge on any atom is 0.255 e. The van der Waals surface area contributed by atoms with Gasteiger partial charge in [0.1, 0.15) is 11.5 Å². The predicted molar refractivity (Wildman–Crippen MR) is 141 cm³/mol. The van der Waals surface area contributed by atoms with E-state index in [1.165, 1.54) is 4.68 Å². The van der Waals surface area contributed by atoms with Gasteiger partial charge in [-0.25, -0.2) is 4.98 Å². The molecule has 1 aliphatic rings. The number of aromatic nitrogens is 4. The molecule has 178 valence electrons. The van der Waals surface area contributed by atoms with Gasteiger partial charge in [0, 0.05) is 11.6 Å². The molecule has 3 aromatic heterocycles. The number of H-pyrrole nitrogens is 1. The Labute approximate surface area is 211 Å². The number of carbonyl (C=O) groups excluding carboxylic acids is 1. The Hall–Kier alpha value is -4.30. The summed E-state index contributed by atoms with van der Waals surface area (Å²) in [5.41, 5.74) is 3.85. The molecule has 36 heavy (non-hydrogen) atoms. The summed E-state index contributed by atoms with van der Waals surface area (Å²) in [6, 6.07) is 25.1. The van der Waals surface area contributed by atoms with Crippen LogP contribution in [0.15, 0.2) is 89.0 Å². The number of hydrogen-bond acceptors (Lipinski definition) is 5. The zero-order valence-corrected chi connectivity index (χ0v) is 20.2. The third-order valence-electron chi connectivity index (χ3n) is 6.39. The van der Waals surface area contributed by atoms with Gasteiger partial charge in [0.2, 0.25) is 11.9 Å². The van der Waals surface area contributed by atoms with Crippen LogP contribution in [-0.4, -0.2) is 25.7 Å². The van der Waals surface area contributed by atoms with Crippen molar-refractivity contribution >= 4 is 23.1 Å². The van der Waals surface area contributed by atoms with Crippen LogP contribution in [0.25, 0.3) is 16.5 Å². The van der Waals surface area contributed by atoms with Crippen LogP contribution in [0.1, 0.15) is 34.7 Å². The van der Waals surface area contributed by atoms with Crippen molar-refractivity contribution in [3.8, 4) is 16.5 Å². The van der Waals surface area contributed by atoms with E-state index in [4.69, 9.17) is 10.1 Å². The normalized spacial score (nSPS) is 12.6. The monoisotopic (exact) mass is 493 g/mol. The summed E-state index contributed by atoms with van der Waals surface area (Å²) in [4.78, 5) is 35.1. The Balaban J connectivity index is 1.43. The quantitative estimate of drug-likeness (QED) is 0.350. The van der Waals surface area contributed by atoms with E-state index in [9.17, 15) is 9.59 Å². The average molecular weight is 494 g/mol. The number of aryl methyl sites for hydroxylation is 1. The highest BCUT2D eigenvalue weighted by Crippen LogP contribution is 2.30. The van der Waals surface area contributed by atoms with Gasteiger partial charge < -0.3 is 5.32 Å². The SMILES string of the molecule is O=C(Nc1cc(-c2cccs2)nn1-c1nc2c(c(=O)[nH]1)CCC2)C(c1ccccc1)c1ccccc1. The summed E-state index contributed by atoms with van der Waals surface area (Å²) < 4.78 is 1.53. The summed E-state index contributed by atoms with van der Waals surface area (Å²) in [6.07, 6.45) is 2.40. The molecule has 5 aromatic rings. The maximum atomic E-state index is 13.8. The Bertz CT molecular complexity index is 1530. The number of fused-ring (bicyclic) bond motifs is 1. The van der Waals surface area contributed by atoms with Crippen LogP contribution >= 0.6 is 11.3 Å². The number of nitrogens with one attached hydrogen (secondary N) is 2. The lowest BCUT2D eigenvalue weighted by Crippen LogP contribution is -2.25. The molecule has 0 atom stereocenters. The fourth-order valence-corrected chi connectivity index (χ4v) is 5.37. The first-order valence-electron chi connectivity index (χ1n) is 11.8. The highest BCUT2D eigenvalue weighted by Gasteiger charge is 2.26. The molecule has 3 heterocycles. The molecule has 0 spiro atoms. The van der Waals surface area contributed by atoms with Crippen molar-refractivity contribution < 1.29 is 4.79 Å². The maximum absolute atomic E-state index is 13.8. The topological polar surface area (TPSA) is 92.7 Å². The second kappa shape index (κ2) is 9.39. The lowest BCUT2D eigenvalue weighted by Gasteiger charge is -2.18. The summed E-state index contributed by atoms with van der Waals surface area (Å²) >= 11 is 1.55. The minimum Gasteiger partial charge on any atom is -0.310 e. The van der Waals surface area contributed by atoms with Crippen molar-refractivity contribution in [3.05, 3.63) is 117 Å². The number of thiophene rings is 1. The van der Waals surface area contributed by atoms with Crippen LogP contribution in [0.3, 0.4) is 0 Å². The predicted octanol–water partition coefficient (Wildman–Crippen LogP) is 4.94. The molecular formula is C28H23N5O2S. The fourth-order valence-electron chi connectivity index (χ4n) is 4.69. The molecule has 6 rings (SSSR count). The van der Waals surface area contributed by atoms with Gasteiger partial charge in [-0.2, -0.15) is 9.78 Å². The standard InChI is InChI=1S/C28H23N5O2S/c34-26-20-13-7-14-21(20)29-28(31-26)33-24(17-22(32-33)23-15-8-16-36-23)30-27(35)25(18-9-3-1-4-10-18)19-11-5-2-6-12-19/h1-6,8-12,15-17,25H,7,13-14H2,(H,30,35)(H,29,31,34). The second-order valence-electron chi connectivity index (χ2n) is 8.72. The number of nitrogens with zero attached hydrogens (tertiary/aromatic N) is 3. The van der Waals surface area contributed by atoms with Gasteiger partial charge in [0.05, 0.1) is 16.5 Å². The summed E-state index contributed by atoms with van der Waals surface area (Å²) in [6.45, 7) is 0.